The Morgan fingerprint density at radius 1 is 1.23 bits per heavy atom. The van der Waals surface area contributed by atoms with E-state index in [1.807, 2.05) is 36.7 Å². The molecule has 0 fully saturated rings. The van der Waals surface area contributed by atoms with Crippen LogP contribution in [0.25, 0.3) is 11.4 Å². The van der Waals surface area contributed by atoms with Gasteiger partial charge in [0, 0.05) is 36.6 Å². The number of anilines is 1. The van der Waals surface area contributed by atoms with E-state index in [2.05, 4.69) is 26.6 Å². The van der Waals surface area contributed by atoms with E-state index in [1.165, 1.54) is 0 Å². The highest BCUT2D eigenvalue weighted by atomic mass is 35.5. The fourth-order valence-electron chi connectivity index (χ4n) is 2.15. The number of aromatic nitrogens is 4. The Morgan fingerprint density at radius 3 is 2.82 bits per heavy atom. The van der Waals surface area contributed by atoms with E-state index < -0.39 is 0 Å². The summed E-state index contributed by atoms with van der Waals surface area (Å²) in [6.07, 6.45) is 5.23. The summed E-state index contributed by atoms with van der Waals surface area (Å²) in [7, 11) is 1.91. The van der Waals surface area contributed by atoms with Crippen LogP contribution >= 0.6 is 11.6 Å². The van der Waals surface area contributed by atoms with Gasteiger partial charge < -0.3 is 9.88 Å². The summed E-state index contributed by atoms with van der Waals surface area (Å²) >= 11 is 6.15. The molecular weight excluding hydrogens is 298 g/mol. The van der Waals surface area contributed by atoms with Gasteiger partial charge in [-0.1, -0.05) is 23.7 Å². The molecule has 0 aliphatic carbocycles. The fourth-order valence-corrected chi connectivity index (χ4v) is 2.36. The van der Waals surface area contributed by atoms with Gasteiger partial charge in [-0.25, -0.2) is 0 Å². The van der Waals surface area contributed by atoms with Crippen molar-refractivity contribution in [1.29, 1.82) is 0 Å². The fraction of sp³-hybridized carbons (Fsp3) is 0.188. The highest BCUT2D eigenvalue weighted by Gasteiger charge is 2.06. The summed E-state index contributed by atoms with van der Waals surface area (Å²) in [5, 5.41) is 12.1. The zero-order valence-corrected chi connectivity index (χ0v) is 13.2. The van der Waals surface area contributed by atoms with Gasteiger partial charge in [0.1, 0.15) is 6.33 Å². The molecule has 0 saturated carbocycles. The van der Waals surface area contributed by atoms with Crippen molar-refractivity contribution < 1.29 is 0 Å². The average molecular weight is 314 g/mol. The number of hydrogen-bond acceptors (Lipinski definition) is 4. The molecule has 0 unspecified atom stereocenters. The Morgan fingerprint density at radius 2 is 2.09 bits per heavy atom. The standard InChI is InChI=1S/C16H16ClN5/c1-11-3-4-12(5-15(11)17)7-19-14-6-13(8-18-9-14)16-21-20-10-22(16)2/h3-6,8-10,19H,7H2,1-2H3. The number of hydrogen-bond donors (Lipinski definition) is 1. The van der Waals surface area contributed by atoms with Crippen molar-refractivity contribution in [1.82, 2.24) is 19.7 Å². The highest BCUT2D eigenvalue weighted by molar-refractivity contribution is 6.31. The number of rotatable bonds is 4. The van der Waals surface area contributed by atoms with Gasteiger partial charge in [-0.15, -0.1) is 10.2 Å². The molecule has 1 aromatic carbocycles. The van der Waals surface area contributed by atoms with Crippen molar-refractivity contribution >= 4 is 17.3 Å². The van der Waals surface area contributed by atoms with Crippen LogP contribution in [0.2, 0.25) is 5.02 Å². The molecule has 2 heterocycles. The summed E-state index contributed by atoms with van der Waals surface area (Å²) in [6.45, 7) is 2.68. The Kier molecular flexibility index (Phi) is 4.06. The summed E-state index contributed by atoms with van der Waals surface area (Å²) in [4.78, 5) is 4.26. The second kappa shape index (κ2) is 6.15. The molecule has 3 aromatic rings. The van der Waals surface area contributed by atoms with Gasteiger partial charge in [0.15, 0.2) is 5.82 Å². The molecular formula is C16H16ClN5. The average Bonchev–Trinajstić information content (AvgIpc) is 2.95. The van der Waals surface area contributed by atoms with E-state index in [0.29, 0.717) is 6.54 Å². The quantitative estimate of drug-likeness (QED) is 0.801. The van der Waals surface area contributed by atoms with Gasteiger partial charge >= 0.3 is 0 Å². The predicted molar refractivity (Wildman–Crippen MR) is 87.7 cm³/mol. The van der Waals surface area contributed by atoms with Crippen LogP contribution in [-0.2, 0) is 13.6 Å². The number of pyridine rings is 1. The Labute approximate surface area is 134 Å². The Bertz CT molecular complexity index is 797. The maximum atomic E-state index is 6.15. The van der Waals surface area contributed by atoms with Crippen molar-refractivity contribution in [2.45, 2.75) is 13.5 Å². The number of benzene rings is 1. The molecule has 6 heteroatoms. The second-order valence-electron chi connectivity index (χ2n) is 5.16. The zero-order chi connectivity index (χ0) is 15.5. The maximum Gasteiger partial charge on any atom is 0.165 e. The molecule has 0 saturated heterocycles. The van der Waals surface area contributed by atoms with Gasteiger partial charge in [-0.2, -0.15) is 0 Å². The number of nitrogens with zero attached hydrogens (tertiary/aromatic N) is 4. The third-order valence-corrected chi connectivity index (χ3v) is 3.85. The van der Waals surface area contributed by atoms with Gasteiger partial charge in [-0.3, -0.25) is 4.98 Å². The van der Waals surface area contributed by atoms with Crippen molar-refractivity contribution in [3.8, 4) is 11.4 Å². The lowest BCUT2D eigenvalue weighted by molar-refractivity contribution is 0.918. The van der Waals surface area contributed by atoms with Crippen LogP contribution in [0, 0.1) is 6.92 Å². The predicted octanol–water partition coefficient (Wildman–Crippen LogP) is 3.45. The van der Waals surface area contributed by atoms with E-state index in [1.54, 1.807) is 18.7 Å². The van der Waals surface area contributed by atoms with E-state index >= 15 is 0 Å². The topological polar surface area (TPSA) is 55.6 Å². The summed E-state index contributed by atoms with van der Waals surface area (Å²) in [5.74, 6) is 0.787. The summed E-state index contributed by atoms with van der Waals surface area (Å²) in [5.41, 5.74) is 4.06. The van der Waals surface area contributed by atoms with E-state index in [0.717, 1.165) is 33.2 Å². The first-order valence-electron chi connectivity index (χ1n) is 6.92. The molecule has 0 aliphatic heterocycles. The zero-order valence-electron chi connectivity index (χ0n) is 12.4. The minimum Gasteiger partial charge on any atom is -0.380 e. The summed E-state index contributed by atoms with van der Waals surface area (Å²) in [6, 6.07) is 8.07. The van der Waals surface area contributed by atoms with Crippen LogP contribution in [0.15, 0.2) is 43.0 Å². The smallest absolute Gasteiger partial charge is 0.165 e. The third-order valence-electron chi connectivity index (χ3n) is 3.44. The Hall–Kier alpha value is -2.40. The number of halogens is 1. The summed E-state index contributed by atoms with van der Waals surface area (Å²) < 4.78 is 1.86. The van der Waals surface area contributed by atoms with Gasteiger partial charge in [0.05, 0.1) is 5.69 Å². The molecule has 0 radical (unpaired) electrons. The van der Waals surface area contributed by atoms with Crippen LogP contribution in [0.1, 0.15) is 11.1 Å². The Balaban J connectivity index is 1.76. The van der Waals surface area contributed by atoms with Crippen LogP contribution in [0.4, 0.5) is 5.69 Å². The minimum atomic E-state index is 0.684. The molecule has 112 valence electrons. The molecule has 2 aromatic heterocycles. The van der Waals surface area contributed by atoms with Crippen LogP contribution in [0.3, 0.4) is 0 Å². The minimum absolute atomic E-state index is 0.684. The second-order valence-corrected chi connectivity index (χ2v) is 5.57. The van der Waals surface area contributed by atoms with Gasteiger partial charge in [-0.05, 0) is 30.2 Å². The maximum absolute atomic E-state index is 6.15. The van der Waals surface area contributed by atoms with Crippen molar-refractivity contribution in [3.63, 3.8) is 0 Å². The molecule has 0 spiro atoms. The molecule has 0 aliphatic rings. The van der Waals surface area contributed by atoms with E-state index in [9.17, 15) is 0 Å². The van der Waals surface area contributed by atoms with Crippen molar-refractivity contribution in [3.05, 3.63) is 59.1 Å². The monoisotopic (exact) mass is 313 g/mol. The molecule has 0 atom stereocenters. The van der Waals surface area contributed by atoms with Crippen LogP contribution in [0.5, 0.6) is 0 Å². The lowest BCUT2D eigenvalue weighted by atomic mass is 10.1. The largest absolute Gasteiger partial charge is 0.380 e. The molecule has 0 amide bonds. The van der Waals surface area contributed by atoms with Crippen molar-refractivity contribution in [2.24, 2.45) is 7.05 Å². The first-order chi connectivity index (χ1) is 10.6. The van der Waals surface area contributed by atoms with E-state index in [4.69, 9.17) is 11.6 Å². The molecule has 3 rings (SSSR count). The van der Waals surface area contributed by atoms with Gasteiger partial charge in [0.2, 0.25) is 0 Å². The molecule has 22 heavy (non-hydrogen) atoms. The molecule has 1 N–H and O–H groups in total. The number of nitrogens with one attached hydrogen (secondary N) is 1. The third kappa shape index (κ3) is 3.09. The molecule has 0 bridgehead atoms. The first-order valence-corrected chi connectivity index (χ1v) is 7.29. The lowest BCUT2D eigenvalue weighted by Gasteiger charge is -2.09. The first kappa shape index (κ1) is 14.5. The highest BCUT2D eigenvalue weighted by Crippen LogP contribution is 2.20. The van der Waals surface area contributed by atoms with Crippen LogP contribution < -0.4 is 5.32 Å². The van der Waals surface area contributed by atoms with Crippen molar-refractivity contribution in [2.75, 3.05) is 5.32 Å². The lowest BCUT2D eigenvalue weighted by Crippen LogP contribution is -2.01. The molecule has 5 nitrogen and oxygen atoms in total. The normalized spacial score (nSPS) is 10.7. The SMILES string of the molecule is Cc1ccc(CNc2cncc(-c3nncn3C)c2)cc1Cl. The number of aryl methyl sites for hydroxylation is 2. The van der Waals surface area contributed by atoms with Crippen LogP contribution in [-0.4, -0.2) is 19.7 Å². The van der Waals surface area contributed by atoms with Gasteiger partial charge in [0.25, 0.3) is 0 Å². The van der Waals surface area contributed by atoms with E-state index in [-0.39, 0.29) is 0 Å².